The summed E-state index contributed by atoms with van der Waals surface area (Å²) < 4.78 is 4.04. The molecule has 3 heterocycles. The first-order valence-corrected chi connectivity index (χ1v) is 7.49. The number of pyridine rings is 1. The van der Waals surface area contributed by atoms with Crippen LogP contribution in [0.5, 0.6) is 0 Å². The Bertz CT molecular complexity index is 635. The van der Waals surface area contributed by atoms with Gasteiger partial charge in [-0.1, -0.05) is 23.1 Å². The zero-order valence-electron chi connectivity index (χ0n) is 8.58. The average Bonchev–Trinajstić information content (AvgIpc) is 2.94. The van der Waals surface area contributed by atoms with E-state index in [2.05, 4.69) is 31.1 Å². The SMILES string of the molecule is Brc1ccc2nc(CSc3nncs3)cn2c1. The Balaban J connectivity index is 1.81. The molecule has 4 nitrogen and oxygen atoms in total. The molecule has 0 fully saturated rings. The number of hydrogen-bond donors (Lipinski definition) is 0. The second-order valence-corrected chi connectivity index (χ2v) is 6.31. The summed E-state index contributed by atoms with van der Waals surface area (Å²) in [5, 5.41) is 7.79. The van der Waals surface area contributed by atoms with Crippen LogP contribution in [0.1, 0.15) is 5.69 Å². The fourth-order valence-corrected chi connectivity index (χ4v) is 3.17. The van der Waals surface area contributed by atoms with Crippen molar-refractivity contribution in [1.82, 2.24) is 19.6 Å². The average molecular weight is 327 g/mol. The number of halogens is 1. The molecule has 0 aliphatic rings. The van der Waals surface area contributed by atoms with E-state index in [1.54, 1.807) is 28.6 Å². The number of thioether (sulfide) groups is 1. The maximum absolute atomic E-state index is 4.53. The van der Waals surface area contributed by atoms with Crippen molar-refractivity contribution in [3.8, 4) is 0 Å². The number of hydrogen-bond acceptors (Lipinski definition) is 5. The fourth-order valence-electron chi connectivity index (χ4n) is 1.45. The molecule has 0 aromatic carbocycles. The van der Waals surface area contributed by atoms with E-state index in [-0.39, 0.29) is 0 Å². The van der Waals surface area contributed by atoms with Gasteiger partial charge in [-0.2, -0.15) is 0 Å². The lowest BCUT2D eigenvalue weighted by Crippen LogP contribution is -1.80. The van der Waals surface area contributed by atoms with Crippen LogP contribution in [-0.2, 0) is 5.75 Å². The van der Waals surface area contributed by atoms with Crippen molar-refractivity contribution in [2.75, 3.05) is 0 Å². The van der Waals surface area contributed by atoms with E-state index in [0.717, 1.165) is 25.9 Å². The topological polar surface area (TPSA) is 43.1 Å². The predicted molar refractivity (Wildman–Crippen MR) is 72.4 cm³/mol. The Kier molecular flexibility index (Phi) is 3.13. The largest absolute Gasteiger partial charge is 0.306 e. The van der Waals surface area contributed by atoms with Gasteiger partial charge in [-0.15, -0.1) is 10.2 Å². The van der Waals surface area contributed by atoms with Crippen LogP contribution in [0, 0.1) is 0 Å². The van der Waals surface area contributed by atoms with Crippen LogP contribution in [0.3, 0.4) is 0 Å². The number of fused-ring (bicyclic) bond motifs is 1. The molecule has 0 N–H and O–H groups in total. The number of imidazole rings is 1. The van der Waals surface area contributed by atoms with Gasteiger partial charge in [0.25, 0.3) is 0 Å². The van der Waals surface area contributed by atoms with Gasteiger partial charge in [0.2, 0.25) is 0 Å². The van der Waals surface area contributed by atoms with Crippen LogP contribution < -0.4 is 0 Å². The smallest absolute Gasteiger partial charge is 0.174 e. The normalized spacial score (nSPS) is 11.1. The lowest BCUT2D eigenvalue weighted by molar-refractivity contribution is 1.01. The van der Waals surface area contributed by atoms with Gasteiger partial charge in [0.15, 0.2) is 4.34 Å². The minimum Gasteiger partial charge on any atom is -0.306 e. The van der Waals surface area contributed by atoms with Gasteiger partial charge in [-0.05, 0) is 28.1 Å². The first-order chi connectivity index (χ1) is 8.31. The molecule has 3 rings (SSSR count). The molecule has 0 atom stereocenters. The Morgan fingerprint density at radius 3 is 3.12 bits per heavy atom. The first kappa shape index (κ1) is 11.2. The van der Waals surface area contributed by atoms with Crippen LogP contribution in [-0.4, -0.2) is 19.6 Å². The van der Waals surface area contributed by atoms with E-state index in [1.807, 2.05) is 28.9 Å². The van der Waals surface area contributed by atoms with E-state index in [9.17, 15) is 0 Å². The van der Waals surface area contributed by atoms with Crippen LogP contribution in [0.4, 0.5) is 0 Å². The minimum absolute atomic E-state index is 0.814. The minimum atomic E-state index is 0.814. The molecule has 0 saturated carbocycles. The summed E-state index contributed by atoms with van der Waals surface area (Å²) in [5.41, 5.74) is 3.74. The Labute approximate surface area is 114 Å². The molecule has 17 heavy (non-hydrogen) atoms. The molecule has 3 aromatic rings. The van der Waals surface area contributed by atoms with Crippen molar-refractivity contribution in [2.24, 2.45) is 0 Å². The molecule has 86 valence electrons. The van der Waals surface area contributed by atoms with Gasteiger partial charge in [-0.3, -0.25) is 0 Å². The quantitative estimate of drug-likeness (QED) is 0.693. The first-order valence-electron chi connectivity index (χ1n) is 4.83. The van der Waals surface area contributed by atoms with Gasteiger partial charge in [0.1, 0.15) is 11.2 Å². The van der Waals surface area contributed by atoms with Gasteiger partial charge in [0.05, 0.1) is 5.69 Å². The maximum atomic E-state index is 4.53. The Morgan fingerprint density at radius 2 is 2.29 bits per heavy atom. The summed E-state index contributed by atoms with van der Waals surface area (Å²) in [7, 11) is 0. The summed E-state index contributed by atoms with van der Waals surface area (Å²) in [6.45, 7) is 0. The summed E-state index contributed by atoms with van der Waals surface area (Å²) in [6.07, 6.45) is 4.04. The third kappa shape index (κ3) is 2.51. The van der Waals surface area contributed by atoms with Crippen molar-refractivity contribution in [2.45, 2.75) is 10.1 Å². The summed E-state index contributed by atoms with van der Waals surface area (Å²) >= 11 is 6.65. The molecule has 0 radical (unpaired) electrons. The molecule has 3 aromatic heterocycles. The molecule has 0 spiro atoms. The molecule has 0 bridgehead atoms. The van der Waals surface area contributed by atoms with Crippen molar-refractivity contribution >= 4 is 44.7 Å². The van der Waals surface area contributed by atoms with Crippen LogP contribution in [0.25, 0.3) is 5.65 Å². The van der Waals surface area contributed by atoms with Crippen LogP contribution in [0.2, 0.25) is 0 Å². The monoisotopic (exact) mass is 326 g/mol. The number of aromatic nitrogens is 4. The molecule has 7 heteroatoms. The number of nitrogens with zero attached hydrogens (tertiary/aromatic N) is 4. The van der Waals surface area contributed by atoms with E-state index < -0.39 is 0 Å². The molecule has 0 amide bonds. The van der Waals surface area contributed by atoms with Crippen molar-refractivity contribution < 1.29 is 0 Å². The molecular formula is C10H7BrN4S2. The lowest BCUT2D eigenvalue weighted by Gasteiger charge is -1.91. The maximum Gasteiger partial charge on any atom is 0.174 e. The summed E-state index contributed by atoms with van der Waals surface area (Å²) in [6, 6.07) is 3.98. The predicted octanol–water partition coefficient (Wildman–Crippen LogP) is 3.24. The van der Waals surface area contributed by atoms with Gasteiger partial charge < -0.3 is 4.40 Å². The second-order valence-electron chi connectivity index (χ2n) is 3.34. The van der Waals surface area contributed by atoms with Crippen LogP contribution in [0.15, 0.2) is 38.8 Å². The lowest BCUT2D eigenvalue weighted by atomic mass is 10.5. The van der Waals surface area contributed by atoms with E-state index >= 15 is 0 Å². The van der Waals surface area contributed by atoms with Crippen molar-refractivity contribution in [3.63, 3.8) is 0 Å². The zero-order valence-corrected chi connectivity index (χ0v) is 11.8. The van der Waals surface area contributed by atoms with E-state index in [0.29, 0.717) is 0 Å². The van der Waals surface area contributed by atoms with Crippen molar-refractivity contribution in [3.05, 3.63) is 40.2 Å². The molecule has 0 saturated heterocycles. The van der Waals surface area contributed by atoms with E-state index in [1.165, 1.54) is 0 Å². The zero-order chi connectivity index (χ0) is 11.7. The highest BCUT2D eigenvalue weighted by molar-refractivity contribution is 9.10. The molecule has 0 aliphatic heterocycles. The second kappa shape index (κ2) is 4.75. The Morgan fingerprint density at radius 1 is 1.35 bits per heavy atom. The highest BCUT2D eigenvalue weighted by Crippen LogP contribution is 2.23. The highest BCUT2D eigenvalue weighted by atomic mass is 79.9. The van der Waals surface area contributed by atoms with Gasteiger partial charge >= 0.3 is 0 Å². The fraction of sp³-hybridized carbons (Fsp3) is 0.100. The molecule has 0 aliphatic carbocycles. The van der Waals surface area contributed by atoms with Crippen molar-refractivity contribution in [1.29, 1.82) is 0 Å². The Hall–Kier alpha value is -0.920. The highest BCUT2D eigenvalue weighted by Gasteiger charge is 2.04. The summed E-state index contributed by atoms with van der Waals surface area (Å²) in [4.78, 5) is 4.53. The summed E-state index contributed by atoms with van der Waals surface area (Å²) in [5.74, 6) is 0.814. The van der Waals surface area contributed by atoms with E-state index in [4.69, 9.17) is 0 Å². The third-order valence-electron chi connectivity index (χ3n) is 2.15. The van der Waals surface area contributed by atoms with Gasteiger partial charge in [0, 0.05) is 22.6 Å². The standard InChI is InChI=1S/C10H7BrN4S2/c11-7-1-2-9-13-8(4-15(9)3-7)5-16-10-14-12-6-17-10/h1-4,6H,5H2. The molecule has 0 unspecified atom stereocenters. The third-order valence-corrected chi connectivity index (χ3v) is 4.51. The van der Waals surface area contributed by atoms with Gasteiger partial charge in [-0.25, -0.2) is 4.98 Å². The molecular weight excluding hydrogens is 320 g/mol. The number of rotatable bonds is 3. The van der Waals surface area contributed by atoms with Crippen LogP contribution >= 0.6 is 39.0 Å².